The van der Waals surface area contributed by atoms with Crippen molar-refractivity contribution in [3.63, 3.8) is 0 Å². The van der Waals surface area contributed by atoms with Gasteiger partial charge in [0.1, 0.15) is 6.07 Å². The van der Waals surface area contributed by atoms with E-state index in [-0.39, 0.29) is 21.8 Å². The number of halogens is 3. The summed E-state index contributed by atoms with van der Waals surface area (Å²) in [5, 5.41) is 9.50. The molecule has 0 aliphatic heterocycles. The maximum Gasteiger partial charge on any atom is 0.417 e. The predicted octanol–water partition coefficient (Wildman–Crippen LogP) is 7.42. The number of nitriles is 1. The fourth-order valence-corrected chi connectivity index (χ4v) is 4.11. The minimum atomic E-state index is -4.64. The third-order valence-corrected chi connectivity index (χ3v) is 6.18. The van der Waals surface area contributed by atoms with Crippen molar-refractivity contribution in [3.8, 4) is 41.6 Å². The SMILES string of the molecule is CC(=O)Sc1ccc(C#Cc2ccc(C#Cc3ccc(C#Cc4ccccc4)c(C#N)c3)c(C(F)(F)F)c2)cc1. The van der Waals surface area contributed by atoms with Gasteiger partial charge in [0, 0.05) is 45.2 Å². The van der Waals surface area contributed by atoms with Crippen LogP contribution in [0.4, 0.5) is 13.2 Å². The molecule has 192 valence electrons. The monoisotopic (exact) mass is 545 g/mol. The quantitative estimate of drug-likeness (QED) is 0.185. The van der Waals surface area contributed by atoms with E-state index < -0.39 is 11.7 Å². The third-order valence-electron chi connectivity index (χ3n) is 5.39. The van der Waals surface area contributed by atoms with Crippen molar-refractivity contribution in [1.29, 1.82) is 5.26 Å². The molecule has 0 saturated carbocycles. The molecule has 2 nitrogen and oxygen atoms in total. The van der Waals surface area contributed by atoms with Crippen LogP contribution in [0, 0.1) is 46.9 Å². The molecule has 0 aliphatic carbocycles. The van der Waals surface area contributed by atoms with Crippen molar-refractivity contribution in [2.24, 2.45) is 0 Å². The Labute approximate surface area is 234 Å². The van der Waals surface area contributed by atoms with E-state index in [1.807, 2.05) is 30.3 Å². The lowest BCUT2D eigenvalue weighted by Crippen LogP contribution is -2.08. The number of carbonyl (C=O) groups excluding carboxylic acids is 1. The van der Waals surface area contributed by atoms with Crippen LogP contribution in [0.2, 0.25) is 0 Å². The first kappa shape index (κ1) is 27.9. The zero-order valence-electron chi connectivity index (χ0n) is 21.1. The van der Waals surface area contributed by atoms with Gasteiger partial charge in [-0.2, -0.15) is 18.4 Å². The molecular weight excluding hydrogens is 527 g/mol. The highest BCUT2D eigenvalue weighted by Crippen LogP contribution is 2.32. The Balaban J connectivity index is 1.59. The van der Waals surface area contributed by atoms with Gasteiger partial charge in [0.25, 0.3) is 0 Å². The van der Waals surface area contributed by atoms with Gasteiger partial charge in [-0.25, -0.2) is 0 Å². The van der Waals surface area contributed by atoms with Crippen molar-refractivity contribution in [2.45, 2.75) is 18.0 Å². The summed E-state index contributed by atoms with van der Waals surface area (Å²) in [7, 11) is 0. The summed E-state index contributed by atoms with van der Waals surface area (Å²) < 4.78 is 41.6. The fourth-order valence-electron chi connectivity index (χ4n) is 3.51. The Morgan fingerprint density at radius 1 is 0.650 bits per heavy atom. The van der Waals surface area contributed by atoms with Crippen molar-refractivity contribution in [3.05, 3.63) is 136 Å². The number of nitrogens with zero attached hydrogens (tertiary/aromatic N) is 1. The Morgan fingerprint density at radius 2 is 1.18 bits per heavy atom. The molecule has 40 heavy (non-hydrogen) atoms. The molecule has 4 aromatic carbocycles. The van der Waals surface area contributed by atoms with Crippen LogP contribution in [0.5, 0.6) is 0 Å². The molecular formula is C34H18F3NOS. The van der Waals surface area contributed by atoms with Crippen LogP contribution < -0.4 is 0 Å². The van der Waals surface area contributed by atoms with Gasteiger partial charge in [0.15, 0.2) is 5.12 Å². The zero-order chi connectivity index (χ0) is 28.5. The Morgan fingerprint density at radius 3 is 1.82 bits per heavy atom. The molecule has 0 spiro atoms. The van der Waals surface area contributed by atoms with Crippen LogP contribution in [-0.2, 0) is 11.0 Å². The molecule has 0 fully saturated rings. The number of thioether (sulfide) groups is 1. The molecule has 6 heteroatoms. The van der Waals surface area contributed by atoms with Crippen molar-refractivity contribution in [1.82, 2.24) is 0 Å². The summed E-state index contributed by atoms with van der Waals surface area (Å²) >= 11 is 1.09. The smallest absolute Gasteiger partial charge is 0.287 e. The lowest BCUT2D eigenvalue weighted by atomic mass is 10.0. The minimum absolute atomic E-state index is 0.0441. The summed E-state index contributed by atoms with van der Waals surface area (Å²) in [5.41, 5.74) is 1.67. The molecule has 0 radical (unpaired) electrons. The number of hydrogen-bond acceptors (Lipinski definition) is 3. The lowest BCUT2D eigenvalue weighted by molar-refractivity contribution is -0.137. The van der Waals surface area contributed by atoms with Gasteiger partial charge in [0.2, 0.25) is 0 Å². The summed E-state index contributed by atoms with van der Waals surface area (Å²) in [5.74, 6) is 16.9. The maximum atomic E-state index is 13.9. The number of hydrogen-bond donors (Lipinski definition) is 0. The van der Waals surface area contributed by atoms with E-state index in [1.165, 1.54) is 25.1 Å². The highest BCUT2D eigenvalue weighted by atomic mass is 32.2. The summed E-state index contributed by atoms with van der Waals surface area (Å²) in [6.45, 7) is 1.47. The summed E-state index contributed by atoms with van der Waals surface area (Å²) in [4.78, 5) is 12.0. The maximum absolute atomic E-state index is 13.9. The standard InChI is InChI=1S/C34H18F3NOS/c1-24(39)40-32-19-13-26(14-20-32)7-8-28-12-18-30(33(22-28)34(35,36)37)17-11-27-10-16-29(31(21-27)23-38)15-9-25-5-3-2-4-6-25/h2-6,10,12-14,16,18-22H,1H3. The highest BCUT2D eigenvalue weighted by molar-refractivity contribution is 8.13. The van der Waals surface area contributed by atoms with Crippen LogP contribution in [0.15, 0.2) is 95.9 Å². The van der Waals surface area contributed by atoms with Gasteiger partial charge in [-0.1, -0.05) is 65.5 Å². The van der Waals surface area contributed by atoms with E-state index in [9.17, 15) is 23.2 Å². The Bertz CT molecular complexity index is 1800. The van der Waals surface area contributed by atoms with Crippen LogP contribution >= 0.6 is 11.8 Å². The highest BCUT2D eigenvalue weighted by Gasteiger charge is 2.33. The van der Waals surface area contributed by atoms with Crippen LogP contribution in [-0.4, -0.2) is 5.12 Å². The molecule has 4 aromatic rings. The molecule has 0 bridgehead atoms. The van der Waals surface area contributed by atoms with Crippen LogP contribution in [0.25, 0.3) is 0 Å². The van der Waals surface area contributed by atoms with Gasteiger partial charge in [0.05, 0.1) is 11.1 Å². The first-order valence-corrected chi connectivity index (χ1v) is 12.7. The molecule has 0 heterocycles. The average Bonchev–Trinajstić information content (AvgIpc) is 2.94. The lowest BCUT2D eigenvalue weighted by Gasteiger charge is -2.09. The van der Waals surface area contributed by atoms with Crippen LogP contribution in [0.1, 0.15) is 51.4 Å². The van der Waals surface area contributed by atoms with Gasteiger partial charge in [-0.3, -0.25) is 4.79 Å². The van der Waals surface area contributed by atoms with E-state index in [4.69, 9.17) is 0 Å². The van der Waals surface area contributed by atoms with E-state index in [0.29, 0.717) is 16.7 Å². The van der Waals surface area contributed by atoms with Gasteiger partial charge < -0.3 is 0 Å². The number of carbonyl (C=O) groups is 1. The molecule has 0 saturated heterocycles. The van der Waals surface area contributed by atoms with Crippen molar-refractivity contribution < 1.29 is 18.0 Å². The zero-order valence-corrected chi connectivity index (χ0v) is 21.9. The number of alkyl halides is 3. The van der Waals surface area contributed by atoms with Crippen molar-refractivity contribution in [2.75, 3.05) is 0 Å². The second-order valence-corrected chi connectivity index (χ2v) is 9.61. The summed E-state index contributed by atoms with van der Waals surface area (Å²) in [6.07, 6.45) is -4.64. The molecule has 0 atom stereocenters. The summed E-state index contributed by atoms with van der Waals surface area (Å²) in [6, 6.07) is 26.7. The van der Waals surface area contributed by atoms with Gasteiger partial charge in [-0.05, 0) is 72.8 Å². The molecule has 0 aromatic heterocycles. The fraction of sp³-hybridized carbons (Fsp3) is 0.0588. The molecule has 0 amide bonds. The van der Waals surface area contributed by atoms with Crippen LogP contribution in [0.3, 0.4) is 0 Å². The van der Waals surface area contributed by atoms with Crippen molar-refractivity contribution >= 4 is 16.9 Å². The second kappa shape index (κ2) is 12.6. The Kier molecular flexibility index (Phi) is 8.79. The predicted molar refractivity (Wildman–Crippen MR) is 150 cm³/mol. The first-order valence-electron chi connectivity index (χ1n) is 11.9. The molecule has 0 N–H and O–H groups in total. The molecule has 4 rings (SSSR count). The number of rotatable bonds is 1. The van der Waals surface area contributed by atoms with Gasteiger partial charge >= 0.3 is 6.18 Å². The average molecular weight is 546 g/mol. The largest absolute Gasteiger partial charge is 0.417 e. The van der Waals surface area contributed by atoms with E-state index in [1.54, 1.807) is 36.4 Å². The van der Waals surface area contributed by atoms with E-state index in [2.05, 4.69) is 41.6 Å². The first-order chi connectivity index (χ1) is 19.2. The van der Waals surface area contributed by atoms with Gasteiger partial charge in [-0.15, -0.1) is 0 Å². The minimum Gasteiger partial charge on any atom is -0.287 e. The Hall–Kier alpha value is -5.14. The molecule has 0 aliphatic rings. The third kappa shape index (κ3) is 7.69. The second-order valence-electron chi connectivity index (χ2n) is 8.36. The van der Waals surface area contributed by atoms with E-state index >= 15 is 0 Å². The topological polar surface area (TPSA) is 40.9 Å². The number of benzene rings is 4. The normalized spacial score (nSPS) is 10.1. The molecule has 0 unspecified atom stereocenters. The van der Waals surface area contributed by atoms with E-state index in [0.717, 1.165) is 28.3 Å².